The van der Waals surface area contributed by atoms with Crippen molar-refractivity contribution in [3.8, 4) is 0 Å². The van der Waals surface area contributed by atoms with Gasteiger partial charge in [-0.1, -0.05) is 30.4 Å². The van der Waals surface area contributed by atoms with Crippen molar-refractivity contribution in [3.63, 3.8) is 0 Å². The molecule has 6 rings (SSSR count). The summed E-state index contributed by atoms with van der Waals surface area (Å²) in [6.07, 6.45) is 10.3. The number of hydrogen-bond donors (Lipinski definition) is 0. The highest BCUT2D eigenvalue weighted by Gasteiger charge is 2.21. The maximum atomic E-state index is 15.4. The molecule has 5 aromatic rings. The largest absolute Gasteiger partial charge is 0.372 e. The van der Waals surface area contributed by atoms with Crippen molar-refractivity contribution in [3.05, 3.63) is 135 Å². The average molecular weight is 667 g/mol. The molecule has 1 aliphatic heterocycles. The molecule has 11 heteroatoms. The lowest BCUT2D eigenvalue weighted by molar-refractivity contribution is 0.0981. The Kier molecular flexibility index (Phi) is 10.3. The minimum atomic E-state index is -1.03. The summed E-state index contributed by atoms with van der Waals surface area (Å²) in [5.74, 6) is -2.30. The van der Waals surface area contributed by atoms with Crippen molar-refractivity contribution in [2.24, 2.45) is 0 Å². The maximum Gasteiger partial charge on any atom is 0.264 e. The van der Waals surface area contributed by atoms with Crippen LogP contribution in [0.25, 0.3) is 17.0 Å². The number of benzene rings is 3. The normalized spacial score (nSPS) is 14.1. The van der Waals surface area contributed by atoms with Gasteiger partial charge in [-0.25, -0.2) is 28.1 Å². The van der Waals surface area contributed by atoms with Crippen LogP contribution < -0.4 is 10.5 Å². The molecule has 0 N–H and O–H groups in total. The lowest BCUT2D eigenvalue weighted by Crippen LogP contribution is -2.41. The Morgan fingerprint density at radius 1 is 0.980 bits per heavy atom. The summed E-state index contributed by atoms with van der Waals surface area (Å²) in [6, 6.07) is 15.7. The van der Waals surface area contributed by atoms with Crippen LogP contribution in [0, 0.1) is 17.5 Å². The number of halogens is 3. The van der Waals surface area contributed by atoms with E-state index in [4.69, 9.17) is 0 Å². The van der Waals surface area contributed by atoms with Crippen LogP contribution in [-0.2, 0) is 13.0 Å². The van der Waals surface area contributed by atoms with Gasteiger partial charge in [-0.05, 0) is 86.9 Å². The van der Waals surface area contributed by atoms with Crippen LogP contribution in [0.4, 0.5) is 18.9 Å². The summed E-state index contributed by atoms with van der Waals surface area (Å²) in [5.41, 5.74) is 2.75. The Balaban J connectivity index is 1.05. The van der Waals surface area contributed by atoms with Gasteiger partial charge in [-0.15, -0.1) is 0 Å². The molecule has 2 aromatic heterocycles. The standard InChI is InChI=1S/C38H37F3N6O2/c1-45-17-15-29(16-18-45)46(2)28-11-7-25(8-12-28)20-36-43-22-30-34(44-36)14-10-27(37(30)41)5-3-4-6-35(48)31-21-42-24-47(38(31)49)23-26-9-13-32(39)33(40)19-26/h3,5,7-14,19,21-22,24,29H,4,6,15-18,20,23H2,1-2H3/b5-3+. The van der Waals surface area contributed by atoms with E-state index in [9.17, 15) is 18.4 Å². The minimum Gasteiger partial charge on any atom is -0.372 e. The molecular weight excluding hydrogens is 629 g/mol. The van der Waals surface area contributed by atoms with E-state index in [0.717, 1.165) is 43.6 Å². The van der Waals surface area contributed by atoms with Gasteiger partial charge in [0.2, 0.25) is 0 Å². The Bertz CT molecular complexity index is 2060. The fourth-order valence-corrected chi connectivity index (χ4v) is 6.11. The summed E-state index contributed by atoms with van der Waals surface area (Å²) in [4.78, 5) is 43.4. The van der Waals surface area contributed by atoms with Crippen LogP contribution in [0.2, 0.25) is 0 Å². The number of likely N-dealkylation sites (tertiary alicyclic amines) is 1. The Morgan fingerprint density at radius 2 is 1.73 bits per heavy atom. The van der Waals surface area contributed by atoms with Crippen LogP contribution in [0.3, 0.4) is 0 Å². The first-order valence-corrected chi connectivity index (χ1v) is 16.3. The highest BCUT2D eigenvalue weighted by molar-refractivity contribution is 5.95. The third-order valence-corrected chi connectivity index (χ3v) is 9.09. The van der Waals surface area contributed by atoms with Gasteiger partial charge in [-0.2, -0.15) is 0 Å². The smallest absolute Gasteiger partial charge is 0.264 e. The van der Waals surface area contributed by atoms with Crippen LogP contribution in [-0.4, -0.2) is 63.4 Å². The predicted molar refractivity (Wildman–Crippen MR) is 184 cm³/mol. The fraction of sp³-hybridized carbons (Fsp3) is 0.289. The van der Waals surface area contributed by atoms with Crippen LogP contribution in [0.1, 0.15) is 58.6 Å². The van der Waals surface area contributed by atoms with Crippen molar-refractivity contribution in [2.75, 3.05) is 32.1 Å². The van der Waals surface area contributed by atoms with Crippen LogP contribution >= 0.6 is 0 Å². The van der Waals surface area contributed by atoms with Crippen LogP contribution in [0.15, 0.2) is 84.2 Å². The predicted octanol–water partition coefficient (Wildman–Crippen LogP) is 6.45. The van der Waals surface area contributed by atoms with E-state index in [1.807, 2.05) is 0 Å². The molecular formula is C38H37F3N6O2. The molecule has 0 saturated carbocycles. The second kappa shape index (κ2) is 14.9. The van der Waals surface area contributed by atoms with E-state index in [2.05, 4.69) is 63.1 Å². The molecule has 0 radical (unpaired) electrons. The molecule has 0 amide bonds. The summed E-state index contributed by atoms with van der Waals surface area (Å²) in [5, 5.41) is 0.300. The maximum absolute atomic E-state index is 15.4. The topological polar surface area (TPSA) is 84.2 Å². The number of carbonyl (C=O) groups is 1. The van der Waals surface area contributed by atoms with Gasteiger partial charge >= 0.3 is 0 Å². The Morgan fingerprint density at radius 3 is 2.49 bits per heavy atom. The van der Waals surface area contributed by atoms with Gasteiger partial charge in [0.15, 0.2) is 17.4 Å². The molecule has 3 aromatic carbocycles. The number of Topliss-reactive ketones (excluding diaryl/α,β-unsaturated/α-hetero) is 1. The van der Waals surface area contributed by atoms with Gasteiger partial charge < -0.3 is 9.80 Å². The van der Waals surface area contributed by atoms with E-state index in [1.54, 1.807) is 24.3 Å². The van der Waals surface area contributed by atoms with E-state index in [1.165, 1.54) is 35.0 Å². The van der Waals surface area contributed by atoms with Crippen molar-refractivity contribution in [2.45, 2.75) is 44.7 Å². The van der Waals surface area contributed by atoms with Gasteiger partial charge in [0, 0.05) is 49.6 Å². The summed E-state index contributed by atoms with van der Waals surface area (Å²) >= 11 is 0. The number of aromatic nitrogens is 4. The van der Waals surface area contributed by atoms with Crippen molar-refractivity contribution >= 4 is 28.4 Å². The lowest BCUT2D eigenvalue weighted by Gasteiger charge is -2.36. The number of nitrogens with zero attached hydrogens (tertiary/aromatic N) is 6. The molecule has 1 saturated heterocycles. The quantitative estimate of drug-likeness (QED) is 0.150. The minimum absolute atomic E-state index is 0.000272. The number of anilines is 1. The second-order valence-corrected chi connectivity index (χ2v) is 12.5. The second-order valence-electron chi connectivity index (χ2n) is 12.5. The van der Waals surface area contributed by atoms with E-state index < -0.39 is 28.8 Å². The zero-order valence-electron chi connectivity index (χ0n) is 27.5. The SMILES string of the molecule is CN1CCC(N(C)c2ccc(Cc3ncc4c(F)c(/C=C/CCC(=O)c5cncn(Cc6ccc(F)c(F)c6)c5=O)ccc4n3)cc2)CC1. The van der Waals surface area contributed by atoms with E-state index in [0.29, 0.717) is 40.3 Å². The number of allylic oxidation sites excluding steroid dienone is 1. The molecule has 0 bridgehead atoms. The van der Waals surface area contributed by atoms with Crippen molar-refractivity contribution in [1.29, 1.82) is 0 Å². The number of hydrogen-bond acceptors (Lipinski definition) is 7. The molecule has 0 atom stereocenters. The highest BCUT2D eigenvalue weighted by atomic mass is 19.2. The molecule has 0 spiro atoms. The van der Waals surface area contributed by atoms with Crippen LogP contribution in [0.5, 0.6) is 0 Å². The number of carbonyl (C=O) groups excluding carboxylic acids is 1. The third kappa shape index (κ3) is 7.94. The monoisotopic (exact) mass is 666 g/mol. The van der Waals surface area contributed by atoms with Gasteiger partial charge in [-0.3, -0.25) is 14.2 Å². The number of piperidine rings is 1. The molecule has 1 fully saturated rings. The lowest BCUT2D eigenvalue weighted by atomic mass is 10.0. The van der Waals surface area contributed by atoms with Crippen molar-refractivity contribution in [1.82, 2.24) is 24.4 Å². The van der Waals surface area contributed by atoms with Crippen molar-refractivity contribution < 1.29 is 18.0 Å². The van der Waals surface area contributed by atoms with Gasteiger partial charge in [0.05, 0.1) is 23.8 Å². The molecule has 0 unspecified atom stereocenters. The number of rotatable bonds is 11. The van der Waals surface area contributed by atoms with Gasteiger partial charge in [0.1, 0.15) is 17.2 Å². The summed E-state index contributed by atoms with van der Waals surface area (Å²) in [7, 11) is 4.32. The number of fused-ring (bicyclic) bond motifs is 1. The molecule has 252 valence electrons. The zero-order chi connectivity index (χ0) is 34.5. The fourth-order valence-electron chi connectivity index (χ4n) is 6.11. The molecule has 1 aliphatic rings. The highest BCUT2D eigenvalue weighted by Crippen LogP contribution is 2.24. The summed E-state index contributed by atoms with van der Waals surface area (Å²) < 4.78 is 43.4. The Labute approximate surface area is 282 Å². The molecule has 3 heterocycles. The molecule has 49 heavy (non-hydrogen) atoms. The average Bonchev–Trinajstić information content (AvgIpc) is 3.10. The third-order valence-electron chi connectivity index (χ3n) is 9.09. The first-order chi connectivity index (χ1) is 23.7. The van der Waals surface area contributed by atoms with E-state index in [-0.39, 0.29) is 24.9 Å². The Hall–Kier alpha value is -5.16. The van der Waals surface area contributed by atoms with Gasteiger partial charge in [0.25, 0.3) is 5.56 Å². The first-order valence-electron chi connectivity index (χ1n) is 16.3. The zero-order valence-corrected chi connectivity index (χ0v) is 27.5. The molecule has 8 nitrogen and oxygen atoms in total. The number of ketones is 1. The van der Waals surface area contributed by atoms with E-state index >= 15 is 4.39 Å². The first kappa shape index (κ1) is 33.7. The summed E-state index contributed by atoms with van der Waals surface area (Å²) in [6.45, 7) is 2.15. The molecule has 0 aliphatic carbocycles.